The molecule has 0 bridgehead atoms. The molecule has 0 fully saturated rings. The molecule has 1 aromatic rings. The third kappa shape index (κ3) is 3.32. The Hall–Kier alpha value is -0.530. The SMILES string of the molecule is CCC[N+](CCC)c1ccc(Cl)cc1. The summed E-state index contributed by atoms with van der Waals surface area (Å²) in [7, 11) is 0. The maximum atomic E-state index is 5.85. The van der Waals surface area contributed by atoms with Gasteiger partial charge in [-0.3, -0.25) is 0 Å². The van der Waals surface area contributed by atoms with Crippen LogP contribution in [0.15, 0.2) is 24.3 Å². The first-order chi connectivity index (χ1) is 6.77. The molecular weight excluding hydrogens is 194 g/mol. The minimum atomic E-state index is 0.807. The van der Waals surface area contributed by atoms with Crippen molar-refractivity contribution in [1.82, 2.24) is 4.90 Å². The Morgan fingerprint density at radius 3 is 1.93 bits per heavy atom. The highest BCUT2D eigenvalue weighted by atomic mass is 35.5. The second-order valence-corrected chi connectivity index (χ2v) is 3.90. The lowest BCUT2D eigenvalue weighted by Crippen LogP contribution is -2.26. The van der Waals surface area contributed by atoms with Gasteiger partial charge in [-0.2, -0.15) is 0 Å². The lowest BCUT2D eigenvalue weighted by molar-refractivity contribution is 0.520. The van der Waals surface area contributed by atoms with E-state index in [1.165, 1.54) is 18.5 Å². The van der Waals surface area contributed by atoms with E-state index in [-0.39, 0.29) is 0 Å². The Balaban J connectivity index is 2.71. The third-order valence-electron chi connectivity index (χ3n) is 2.18. The first-order valence-electron chi connectivity index (χ1n) is 5.28. The second-order valence-electron chi connectivity index (χ2n) is 3.46. The minimum absolute atomic E-state index is 0.807. The maximum absolute atomic E-state index is 5.85. The molecule has 0 unspecified atom stereocenters. The van der Waals surface area contributed by atoms with Gasteiger partial charge < -0.3 is 0 Å². The minimum Gasteiger partial charge on any atom is -0.134 e. The van der Waals surface area contributed by atoms with Crippen LogP contribution in [0.25, 0.3) is 0 Å². The van der Waals surface area contributed by atoms with Gasteiger partial charge in [-0.15, -0.1) is 4.90 Å². The van der Waals surface area contributed by atoms with Crippen LogP contribution in [-0.4, -0.2) is 13.1 Å². The zero-order valence-electron chi connectivity index (χ0n) is 8.96. The van der Waals surface area contributed by atoms with Crippen LogP contribution in [0.3, 0.4) is 0 Å². The topological polar surface area (TPSA) is 5.90 Å². The van der Waals surface area contributed by atoms with Crippen molar-refractivity contribution in [3.8, 4) is 0 Å². The van der Waals surface area contributed by atoms with Crippen LogP contribution >= 0.6 is 11.6 Å². The average molecular weight is 212 g/mol. The van der Waals surface area contributed by atoms with Gasteiger partial charge in [-0.1, -0.05) is 25.4 Å². The summed E-state index contributed by atoms with van der Waals surface area (Å²) < 4.78 is 0. The number of rotatable bonds is 5. The molecule has 14 heavy (non-hydrogen) atoms. The van der Waals surface area contributed by atoms with Crippen LogP contribution < -0.4 is 4.90 Å². The van der Waals surface area contributed by atoms with Crippen LogP contribution in [0.5, 0.6) is 0 Å². The van der Waals surface area contributed by atoms with E-state index in [9.17, 15) is 0 Å². The Labute approximate surface area is 91.7 Å². The molecule has 0 amide bonds. The summed E-state index contributed by atoms with van der Waals surface area (Å²) in [4.78, 5) is 2.40. The Bertz CT molecular complexity index is 250. The summed E-state index contributed by atoms with van der Waals surface area (Å²) in [6.45, 7) is 6.65. The zero-order chi connectivity index (χ0) is 10.4. The fraction of sp³-hybridized carbons (Fsp3) is 0.500. The third-order valence-corrected chi connectivity index (χ3v) is 2.43. The molecule has 0 aliphatic heterocycles. The lowest BCUT2D eigenvalue weighted by Gasteiger charge is -2.09. The van der Waals surface area contributed by atoms with Crippen molar-refractivity contribution in [2.24, 2.45) is 0 Å². The van der Waals surface area contributed by atoms with E-state index < -0.39 is 0 Å². The molecule has 0 aliphatic carbocycles. The number of hydrogen-bond acceptors (Lipinski definition) is 1. The number of nitrogens with zero attached hydrogens (tertiary/aromatic N) is 1. The summed E-state index contributed by atoms with van der Waals surface area (Å²) in [5, 5.41) is 0.807. The monoisotopic (exact) mass is 211 g/mol. The molecule has 0 atom stereocenters. The van der Waals surface area contributed by atoms with E-state index in [1.807, 2.05) is 12.1 Å². The van der Waals surface area contributed by atoms with E-state index >= 15 is 0 Å². The molecule has 2 heteroatoms. The Morgan fingerprint density at radius 2 is 1.50 bits per heavy atom. The van der Waals surface area contributed by atoms with E-state index in [4.69, 9.17) is 11.6 Å². The first kappa shape index (κ1) is 11.5. The molecule has 0 N–H and O–H groups in total. The molecule has 0 aliphatic rings. The van der Waals surface area contributed by atoms with E-state index in [0.717, 1.165) is 18.1 Å². The van der Waals surface area contributed by atoms with Crippen molar-refractivity contribution in [3.63, 3.8) is 0 Å². The lowest BCUT2D eigenvalue weighted by atomic mass is 10.2. The van der Waals surface area contributed by atoms with Crippen molar-refractivity contribution in [2.75, 3.05) is 13.1 Å². The number of halogens is 1. The van der Waals surface area contributed by atoms with Crippen molar-refractivity contribution >= 4 is 17.3 Å². The van der Waals surface area contributed by atoms with Crippen LogP contribution in [0.4, 0.5) is 5.69 Å². The summed E-state index contributed by atoms with van der Waals surface area (Å²) in [6, 6.07) is 8.09. The van der Waals surface area contributed by atoms with E-state index in [1.54, 1.807) is 0 Å². The molecule has 1 aromatic carbocycles. The standard InChI is InChI=1S/C12H18ClN/c1-3-9-14(10-4-2)12-7-5-11(13)6-8-12/h5-8H,3-4,9-10H2,1-2H3/q+1. The highest BCUT2D eigenvalue weighted by Crippen LogP contribution is 2.17. The normalized spacial score (nSPS) is 10.9. The molecule has 1 nitrogen and oxygen atoms in total. The Kier molecular flexibility index (Phi) is 4.99. The van der Waals surface area contributed by atoms with Crippen LogP contribution in [0.1, 0.15) is 26.7 Å². The van der Waals surface area contributed by atoms with Gasteiger partial charge in [-0.05, 0) is 25.0 Å². The second kappa shape index (κ2) is 6.05. The van der Waals surface area contributed by atoms with Crippen LogP contribution in [0, 0.1) is 0 Å². The molecule has 0 aromatic heterocycles. The molecule has 77 valence electrons. The van der Waals surface area contributed by atoms with Crippen molar-refractivity contribution in [3.05, 3.63) is 29.3 Å². The van der Waals surface area contributed by atoms with Gasteiger partial charge in [0.15, 0.2) is 5.69 Å². The number of benzene rings is 1. The van der Waals surface area contributed by atoms with E-state index in [2.05, 4.69) is 30.9 Å². The average Bonchev–Trinajstić information content (AvgIpc) is 2.19. The molecule has 1 radical (unpaired) electrons. The predicted octanol–water partition coefficient (Wildman–Crippen LogP) is 3.93. The summed E-state index contributed by atoms with van der Waals surface area (Å²) >= 11 is 5.85. The van der Waals surface area contributed by atoms with Crippen LogP contribution in [0.2, 0.25) is 5.02 Å². The van der Waals surface area contributed by atoms with Crippen molar-refractivity contribution in [2.45, 2.75) is 26.7 Å². The Morgan fingerprint density at radius 1 is 1.00 bits per heavy atom. The fourth-order valence-electron chi connectivity index (χ4n) is 1.56. The fourth-order valence-corrected chi connectivity index (χ4v) is 1.69. The van der Waals surface area contributed by atoms with Gasteiger partial charge in [0.05, 0.1) is 0 Å². The number of anilines is 1. The van der Waals surface area contributed by atoms with Gasteiger partial charge >= 0.3 is 0 Å². The summed E-state index contributed by atoms with van der Waals surface area (Å²) in [5.74, 6) is 0. The van der Waals surface area contributed by atoms with Gasteiger partial charge in [0.2, 0.25) is 0 Å². The largest absolute Gasteiger partial charge is 0.180 e. The van der Waals surface area contributed by atoms with Gasteiger partial charge in [0, 0.05) is 17.2 Å². The number of hydrogen-bond donors (Lipinski definition) is 0. The van der Waals surface area contributed by atoms with E-state index in [0.29, 0.717) is 0 Å². The maximum Gasteiger partial charge on any atom is 0.180 e. The highest BCUT2D eigenvalue weighted by molar-refractivity contribution is 6.30. The molecule has 0 saturated heterocycles. The smallest absolute Gasteiger partial charge is 0.134 e. The molecule has 0 heterocycles. The van der Waals surface area contributed by atoms with Crippen molar-refractivity contribution in [1.29, 1.82) is 0 Å². The molecular formula is C12H18ClN+. The predicted molar refractivity (Wildman–Crippen MR) is 63.6 cm³/mol. The highest BCUT2D eigenvalue weighted by Gasteiger charge is 2.15. The zero-order valence-corrected chi connectivity index (χ0v) is 9.72. The molecule has 1 rings (SSSR count). The molecule has 0 spiro atoms. The molecule has 0 saturated carbocycles. The first-order valence-corrected chi connectivity index (χ1v) is 5.66. The van der Waals surface area contributed by atoms with Gasteiger partial charge in [-0.25, -0.2) is 0 Å². The quantitative estimate of drug-likeness (QED) is 0.651. The van der Waals surface area contributed by atoms with Crippen LogP contribution in [-0.2, 0) is 0 Å². The van der Waals surface area contributed by atoms with Crippen molar-refractivity contribution < 1.29 is 0 Å². The summed E-state index contributed by atoms with van der Waals surface area (Å²) in [6.07, 6.45) is 2.37. The summed E-state index contributed by atoms with van der Waals surface area (Å²) in [5.41, 5.74) is 1.28. The van der Waals surface area contributed by atoms with Gasteiger partial charge in [0.25, 0.3) is 0 Å². The van der Waals surface area contributed by atoms with Gasteiger partial charge in [0.1, 0.15) is 13.1 Å².